The van der Waals surface area contributed by atoms with Gasteiger partial charge in [0.15, 0.2) is 5.69 Å². The van der Waals surface area contributed by atoms with Crippen molar-refractivity contribution in [3.05, 3.63) is 106 Å². The molecule has 2 bridgehead atoms. The first-order chi connectivity index (χ1) is 24.3. The molecule has 0 fully saturated rings. The van der Waals surface area contributed by atoms with Crippen LogP contribution in [0.25, 0.3) is 28.1 Å². The van der Waals surface area contributed by atoms with Crippen LogP contribution in [0, 0.1) is 28.6 Å². The molecule has 5 aromatic rings. The molecule has 0 spiro atoms. The maximum Gasteiger partial charge on any atom is 0.490 e. The third-order valence-electron chi connectivity index (χ3n) is 7.91. The Labute approximate surface area is 292 Å². The molecule has 6 rings (SSSR count). The van der Waals surface area contributed by atoms with Crippen LogP contribution in [0.5, 0.6) is 0 Å². The first-order valence-electron chi connectivity index (χ1n) is 15.1. The van der Waals surface area contributed by atoms with E-state index in [2.05, 4.69) is 31.7 Å². The van der Waals surface area contributed by atoms with Gasteiger partial charge >= 0.3 is 12.1 Å². The Hall–Kier alpha value is -6.39. The van der Waals surface area contributed by atoms with Gasteiger partial charge in [-0.2, -0.15) is 23.7 Å². The zero-order valence-electron chi connectivity index (χ0n) is 26.5. The Bertz CT molecular complexity index is 2270. The zero-order chi connectivity index (χ0) is 36.9. The SMILES string of the molecule is C[C@@H]1CCC[C@H](n2cnc(-c3cc(Cl)ccc3-n3cc(C#N)nn3)cc2=O)c2cc(ccn2)-c2ccc(C#N)cc2NC1=O.O=C(O)C(F)(F)F. The Kier molecular flexibility index (Phi) is 10.6. The fourth-order valence-electron chi connectivity index (χ4n) is 5.34. The number of amides is 1. The number of halogens is 4. The van der Waals surface area contributed by atoms with Crippen LogP contribution in [0.15, 0.2) is 78.1 Å². The van der Waals surface area contributed by atoms with E-state index in [-0.39, 0.29) is 23.1 Å². The predicted octanol–water partition coefficient (Wildman–Crippen LogP) is 5.93. The maximum atomic E-state index is 13.7. The molecule has 0 aliphatic carbocycles. The van der Waals surface area contributed by atoms with E-state index in [4.69, 9.17) is 21.5 Å². The number of carboxylic acids is 1. The van der Waals surface area contributed by atoms with Crippen molar-refractivity contribution in [1.29, 1.82) is 10.5 Å². The van der Waals surface area contributed by atoms with Gasteiger partial charge in [-0.25, -0.2) is 14.5 Å². The highest BCUT2D eigenvalue weighted by molar-refractivity contribution is 6.31. The summed E-state index contributed by atoms with van der Waals surface area (Å²) < 4.78 is 34.7. The van der Waals surface area contributed by atoms with Gasteiger partial charge in [0.25, 0.3) is 5.56 Å². The molecule has 258 valence electrons. The van der Waals surface area contributed by atoms with Gasteiger partial charge in [-0.15, -0.1) is 5.10 Å². The molecule has 13 nitrogen and oxygen atoms in total. The van der Waals surface area contributed by atoms with Gasteiger partial charge < -0.3 is 10.4 Å². The van der Waals surface area contributed by atoms with Crippen molar-refractivity contribution in [3.63, 3.8) is 0 Å². The number of hydrogen-bond donors (Lipinski definition) is 2. The molecule has 1 aliphatic rings. The quantitative estimate of drug-likeness (QED) is 0.226. The van der Waals surface area contributed by atoms with Crippen molar-refractivity contribution >= 4 is 29.2 Å². The molecule has 4 heterocycles. The molecule has 1 aliphatic heterocycles. The number of alkyl halides is 3. The van der Waals surface area contributed by atoms with Crippen molar-refractivity contribution in [1.82, 2.24) is 29.5 Å². The van der Waals surface area contributed by atoms with Gasteiger partial charge in [0, 0.05) is 40.0 Å². The lowest BCUT2D eigenvalue weighted by atomic mass is 9.95. The topological polar surface area (TPSA) is 192 Å². The van der Waals surface area contributed by atoms with E-state index in [1.807, 2.05) is 25.1 Å². The van der Waals surface area contributed by atoms with Gasteiger partial charge in [0.05, 0.1) is 47.3 Å². The third-order valence-corrected chi connectivity index (χ3v) is 8.14. The zero-order valence-corrected chi connectivity index (χ0v) is 27.2. The van der Waals surface area contributed by atoms with E-state index in [1.165, 1.54) is 23.3 Å². The van der Waals surface area contributed by atoms with Crippen LogP contribution in [0.3, 0.4) is 0 Å². The molecule has 1 amide bonds. The summed E-state index contributed by atoms with van der Waals surface area (Å²) >= 11 is 6.32. The number of nitriles is 2. The number of rotatable bonds is 3. The molecular weight excluding hydrogens is 691 g/mol. The van der Waals surface area contributed by atoms with Crippen LogP contribution < -0.4 is 10.9 Å². The number of carbonyl (C=O) groups is 2. The minimum atomic E-state index is -5.08. The summed E-state index contributed by atoms with van der Waals surface area (Å²) in [4.78, 5) is 45.0. The number of nitrogens with one attached hydrogen (secondary N) is 1. The van der Waals surface area contributed by atoms with E-state index >= 15 is 0 Å². The molecule has 0 saturated carbocycles. The van der Waals surface area contributed by atoms with Crippen molar-refractivity contribution in [2.75, 3.05) is 5.32 Å². The molecular formula is C34H25ClF3N9O4. The highest BCUT2D eigenvalue weighted by Gasteiger charge is 2.38. The number of aliphatic carboxylic acids is 1. The third kappa shape index (κ3) is 8.26. The second-order valence-electron chi connectivity index (χ2n) is 11.3. The monoisotopic (exact) mass is 715 g/mol. The van der Waals surface area contributed by atoms with Crippen LogP contribution in [0.1, 0.15) is 49.2 Å². The van der Waals surface area contributed by atoms with Crippen molar-refractivity contribution in [2.24, 2.45) is 5.92 Å². The standard InChI is InChI=1S/C32H24ClN9O2.C2HF3O2/c1-19-3-2-4-30(28-12-21(9-10-36-28)24-7-5-20(15-34)11-27(24)38-32(19)44)41-18-37-26(14-31(41)43)25-13-22(33)6-8-29(25)42-17-23(16-35)39-40-42;3-2(4,5)1(6)7/h5-14,17-19,30H,2-4H2,1H3,(H,38,44);(H,6,7)/t19-,30+;/m1./s1. The van der Waals surface area contributed by atoms with Crippen LogP contribution in [-0.4, -0.2) is 52.7 Å². The van der Waals surface area contributed by atoms with Crippen LogP contribution >= 0.6 is 11.6 Å². The summed E-state index contributed by atoms with van der Waals surface area (Å²) in [5.74, 6) is -3.19. The van der Waals surface area contributed by atoms with Gasteiger partial charge in [-0.3, -0.25) is 19.1 Å². The largest absolute Gasteiger partial charge is 0.490 e. The van der Waals surface area contributed by atoms with E-state index in [9.17, 15) is 33.3 Å². The van der Waals surface area contributed by atoms with E-state index in [0.29, 0.717) is 58.2 Å². The fraction of sp³-hybridized carbons (Fsp3) is 0.206. The van der Waals surface area contributed by atoms with Gasteiger partial charge in [0.2, 0.25) is 5.91 Å². The lowest BCUT2D eigenvalue weighted by Crippen LogP contribution is -2.27. The summed E-state index contributed by atoms with van der Waals surface area (Å²) in [6.07, 6.45) is 1.36. The number of hydrogen-bond acceptors (Lipinski definition) is 9. The number of carboxylic acid groups (broad SMARTS) is 1. The van der Waals surface area contributed by atoms with Crippen molar-refractivity contribution < 1.29 is 27.9 Å². The first kappa shape index (κ1) is 35.9. The number of fused-ring (bicyclic) bond motifs is 4. The van der Waals surface area contributed by atoms with Gasteiger partial charge in [-0.1, -0.05) is 36.2 Å². The molecule has 2 N–H and O–H groups in total. The minimum Gasteiger partial charge on any atom is -0.475 e. The average molecular weight is 716 g/mol. The number of aromatic nitrogens is 6. The number of benzene rings is 2. The Morgan fingerprint density at radius 3 is 2.45 bits per heavy atom. The second kappa shape index (κ2) is 15.0. The molecule has 3 aromatic heterocycles. The molecule has 2 atom stereocenters. The van der Waals surface area contributed by atoms with E-state index in [0.717, 1.165) is 11.1 Å². The smallest absolute Gasteiger partial charge is 0.475 e. The molecule has 51 heavy (non-hydrogen) atoms. The summed E-state index contributed by atoms with van der Waals surface area (Å²) in [6, 6.07) is 19.1. The van der Waals surface area contributed by atoms with Crippen LogP contribution in [0.4, 0.5) is 18.9 Å². The Balaban J connectivity index is 0.000000654. The van der Waals surface area contributed by atoms with Crippen LogP contribution in [0.2, 0.25) is 5.02 Å². The molecule has 2 aromatic carbocycles. The lowest BCUT2D eigenvalue weighted by molar-refractivity contribution is -0.192. The number of anilines is 1. The van der Waals surface area contributed by atoms with E-state index in [1.54, 1.807) is 47.2 Å². The number of carbonyl (C=O) groups excluding carboxylic acids is 1. The highest BCUT2D eigenvalue weighted by atomic mass is 35.5. The maximum absolute atomic E-state index is 13.7. The minimum absolute atomic E-state index is 0.137. The fourth-order valence-corrected chi connectivity index (χ4v) is 5.51. The average Bonchev–Trinajstić information content (AvgIpc) is 3.59. The second-order valence-corrected chi connectivity index (χ2v) is 11.8. The normalized spacial score (nSPS) is 15.7. The number of nitrogens with zero attached hydrogens (tertiary/aromatic N) is 8. The molecule has 0 radical (unpaired) electrons. The number of pyridine rings is 1. The summed E-state index contributed by atoms with van der Waals surface area (Å²) in [5.41, 5.74) is 4.51. The Morgan fingerprint density at radius 1 is 1.02 bits per heavy atom. The first-order valence-corrected chi connectivity index (χ1v) is 15.5. The molecule has 17 heteroatoms. The summed E-state index contributed by atoms with van der Waals surface area (Å²) in [5, 5.41) is 37.1. The predicted molar refractivity (Wildman–Crippen MR) is 176 cm³/mol. The van der Waals surface area contributed by atoms with Crippen molar-refractivity contribution in [3.8, 4) is 40.2 Å². The summed E-state index contributed by atoms with van der Waals surface area (Å²) in [6.45, 7) is 1.86. The summed E-state index contributed by atoms with van der Waals surface area (Å²) in [7, 11) is 0. The van der Waals surface area contributed by atoms with E-state index < -0.39 is 18.2 Å². The van der Waals surface area contributed by atoms with Crippen LogP contribution in [-0.2, 0) is 9.59 Å². The Morgan fingerprint density at radius 2 is 1.78 bits per heavy atom. The lowest BCUT2D eigenvalue weighted by Gasteiger charge is -2.23. The van der Waals surface area contributed by atoms with Gasteiger partial charge in [0.1, 0.15) is 6.07 Å². The van der Waals surface area contributed by atoms with Gasteiger partial charge in [-0.05, 0) is 60.9 Å². The van der Waals surface area contributed by atoms with Crippen molar-refractivity contribution in [2.45, 2.75) is 38.4 Å². The highest BCUT2D eigenvalue weighted by Crippen LogP contribution is 2.34. The molecule has 0 saturated heterocycles. The molecule has 0 unspecified atom stereocenters.